The van der Waals surface area contributed by atoms with E-state index in [0.29, 0.717) is 12.6 Å². The maximum Gasteiger partial charge on any atom is 0.236 e. The van der Waals surface area contributed by atoms with Gasteiger partial charge in [0.2, 0.25) is 5.91 Å². The molecule has 0 fully saturated rings. The second kappa shape index (κ2) is 6.63. The van der Waals surface area contributed by atoms with E-state index in [4.69, 9.17) is 0 Å². The van der Waals surface area contributed by atoms with E-state index in [1.165, 1.54) is 4.90 Å². The highest BCUT2D eigenvalue weighted by atomic mass is 16.2. The fraction of sp³-hybridized carbons (Fsp3) is 0.833. The van der Waals surface area contributed by atoms with Crippen molar-refractivity contribution in [2.45, 2.75) is 33.7 Å². The first kappa shape index (κ1) is 15.1. The van der Waals surface area contributed by atoms with Crippen molar-refractivity contribution in [1.29, 1.82) is 0 Å². The van der Waals surface area contributed by atoms with E-state index in [2.05, 4.69) is 0 Å². The van der Waals surface area contributed by atoms with Crippen molar-refractivity contribution < 1.29 is 9.59 Å². The lowest BCUT2D eigenvalue weighted by molar-refractivity contribution is -0.135. The zero-order valence-electron chi connectivity index (χ0n) is 11.3. The molecule has 0 spiro atoms. The van der Waals surface area contributed by atoms with Crippen molar-refractivity contribution in [3.05, 3.63) is 0 Å². The van der Waals surface area contributed by atoms with Crippen molar-refractivity contribution in [2.24, 2.45) is 5.92 Å². The van der Waals surface area contributed by atoms with Crippen molar-refractivity contribution in [3.8, 4) is 0 Å². The highest BCUT2D eigenvalue weighted by molar-refractivity contribution is 5.87. The number of carbonyl (C=O) groups excluding carboxylic acids is 2. The molecule has 0 unspecified atom stereocenters. The van der Waals surface area contributed by atoms with Crippen molar-refractivity contribution in [1.82, 2.24) is 9.80 Å². The van der Waals surface area contributed by atoms with Crippen LogP contribution in [-0.4, -0.2) is 54.7 Å². The third-order valence-corrected chi connectivity index (χ3v) is 2.73. The topological polar surface area (TPSA) is 40.6 Å². The van der Waals surface area contributed by atoms with Gasteiger partial charge in [-0.2, -0.15) is 0 Å². The Morgan fingerprint density at radius 2 is 1.50 bits per heavy atom. The summed E-state index contributed by atoms with van der Waals surface area (Å²) in [6, 6.07) is 0.332. The number of ketones is 1. The first-order chi connectivity index (χ1) is 7.25. The van der Waals surface area contributed by atoms with Crippen LogP contribution in [0.2, 0.25) is 0 Å². The van der Waals surface area contributed by atoms with Crippen LogP contribution >= 0.6 is 0 Å². The standard InChI is InChI=1S/C12H24N2O2/c1-9(2)11(15)7-14(6)12(16)8-13(5)10(3)4/h9-10H,7-8H2,1-6H3. The Morgan fingerprint density at radius 1 is 1.00 bits per heavy atom. The molecule has 0 aliphatic rings. The second-order valence-corrected chi connectivity index (χ2v) is 4.88. The summed E-state index contributed by atoms with van der Waals surface area (Å²) in [7, 11) is 3.58. The van der Waals surface area contributed by atoms with Gasteiger partial charge in [0.05, 0.1) is 13.1 Å². The summed E-state index contributed by atoms with van der Waals surface area (Å²) < 4.78 is 0. The van der Waals surface area contributed by atoms with Gasteiger partial charge in [0.1, 0.15) is 0 Å². The minimum absolute atomic E-state index is 0.00907. The molecule has 0 aromatic heterocycles. The molecule has 0 bridgehead atoms. The number of amides is 1. The molecule has 0 saturated heterocycles. The summed E-state index contributed by atoms with van der Waals surface area (Å²) in [5.41, 5.74) is 0. The summed E-state index contributed by atoms with van der Waals surface area (Å²) in [6.07, 6.45) is 0. The van der Waals surface area contributed by atoms with Crippen molar-refractivity contribution in [2.75, 3.05) is 27.2 Å². The Bertz CT molecular complexity index is 249. The van der Waals surface area contributed by atoms with Gasteiger partial charge in [-0.1, -0.05) is 13.8 Å². The lowest BCUT2D eigenvalue weighted by Crippen LogP contribution is -2.41. The van der Waals surface area contributed by atoms with E-state index in [9.17, 15) is 9.59 Å². The number of Topliss-reactive ketones (excluding diaryl/α,β-unsaturated/α-hetero) is 1. The van der Waals surface area contributed by atoms with Gasteiger partial charge in [-0.05, 0) is 20.9 Å². The number of rotatable bonds is 6. The van der Waals surface area contributed by atoms with Crippen LogP contribution in [0.15, 0.2) is 0 Å². The highest BCUT2D eigenvalue weighted by Crippen LogP contribution is 1.99. The first-order valence-electron chi connectivity index (χ1n) is 5.72. The molecule has 4 nitrogen and oxygen atoms in total. The molecule has 0 aliphatic heterocycles. The fourth-order valence-corrected chi connectivity index (χ4v) is 1.02. The molecule has 94 valence electrons. The second-order valence-electron chi connectivity index (χ2n) is 4.88. The summed E-state index contributed by atoms with van der Waals surface area (Å²) >= 11 is 0. The molecule has 0 N–H and O–H groups in total. The van der Waals surface area contributed by atoms with Crippen LogP contribution in [0.25, 0.3) is 0 Å². The van der Waals surface area contributed by atoms with Gasteiger partial charge in [0.15, 0.2) is 5.78 Å². The van der Waals surface area contributed by atoms with E-state index in [1.807, 2.05) is 39.6 Å². The number of nitrogens with zero attached hydrogens (tertiary/aromatic N) is 2. The van der Waals surface area contributed by atoms with Gasteiger partial charge >= 0.3 is 0 Å². The molecule has 0 aromatic rings. The first-order valence-corrected chi connectivity index (χ1v) is 5.72. The molecule has 0 aromatic carbocycles. The highest BCUT2D eigenvalue weighted by Gasteiger charge is 2.17. The summed E-state index contributed by atoms with van der Waals surface area (Å²) in [6.45, 7) is 8.34. The molecular weight excluding hydrogens is 204 g/mol. The van der Waals surface area contributed by atoms with E-state index in [1.54, 1.807) is 7.05 Å². The molecule has 0 atom stereocenters. The molecule has 16 heavy (non-hydrogen) atoms. The average molecular weight is 228 g/mol. The van der Waals surface area contributed by atoms with Crippen molar-refractivity contribution >= 4 is 11.7 Å². The van der Waals surface area contributed by atoms with Crippen molar-refractivity contribution in [3.63, 3.8) is 0 Å². The number of hydrogen-bond donors (Lipinski definition) is 0. The minimum atomic E-state index is -0.0157. The van der Waals surface area contributed by atoms with Gasteiger partial charge in [-0.15, -0.1) is 0 Å². The normalized spacial score (nSPS) is 11.3. The van der Waals surface area contributed by atoms with Gasteiger partial charge in [0, 0.05) is 19.0 Å². The zero-order valence-corrected chi connectivity index (χ0v) is 11.3. The fourth-order valence-electron chi connectivity index (χ4n) is 1.02. The minimum Gasteiger partial charge on any atom is -0.337 e. The van der Waals surface area contributed by atoms with Crippen LogP contribution in [-0.2, 0) is 9.59 Å². The molecule has 0 rings (SSSR count). The molecule has 1 amide bonds. The molecule has 0 heterocycles. The largest absolute Gasteiger partial charge is 0.337 e. The van der Waals surface area contributed by atoms with E-state index in [0.717, 1.165) is 0 Å². The molecule has 0 saturated carbocycles. The third-order valence-electron chi connectivity index (χ3n) is 2.73. The van der Waals surface area contributed by atoms with Gasteiger partial charge in [-0.3, -0.25) is 14.5 Å². The predicted octanol–water partition coefficient (Wildman–Crippen LogP) is 1.01. The average Bonchev–Trinajstić information content (AvgIpc) is 2.16. The molecule has 0 radical (unpaired) electrons. The van der Waals surface area contributed by atoms with Crippen LogP contribution in [0.5, 0.6) is 0 Å². The molecule has 0 aliphatic carbocycles. The number of hydrogen-bond acceptors (Lipinski definition) is 3. The smallest absolute Gasteiger partial charge is 0.236 e. The van der Waals surface area contributed by atoms with Crippen LogP contribution in [0, 0.1) is 5.92 Å². The van der Waals surface area contributed by atoms with Gasteiger partial charge < -0.3 is 4.90 Å². The Morgan fingerprint density at radius 3 is 1.88 bits per heavy atom. The van der Waals surface area contributed by atoms with Crippen LogP contribution < -0.4 is 0 Å². The Kier molecular flexibility index (Phi) is 6.26. The predicted molar refractivity (Wildman–Crippen MR) is 65.2 cm³/mol. The SMILES string of the molecule is CC(C)C(=O)CN(C)C(=O)CN(C)C(C)C. The Balaban J connectivity index is 4.14. The van der Waals surface area contributed by atoms with E-state index < -0.39 is 0 Å². The Hall–Kier alpha value is -0.900. The van der Waals surface area contributed by atoms with Crippen LogP contribution in [0.4, 0.5) is 0 Å². The number of carbonyl (C=O) groups is 2. The van der Waals surface area contributed by atoms with E-state index >= 15 is 0 Å². The van der Waals surface area contributed by atoms with Gasteiger partial charge in [0.25, 0.3) is 0 Å². The number of likely N-dealkylation sites (N-methyl/N-ethyl adjacent to an activating group) is 2. The summed E-state index contributed by atoms with van der Waals surface area (Å²) in [4.78, 5) is 26.7. The maximum atomic E-state index is 11.7. The van der Waals surface area contributed by atoms with Gasteiger partial charge in [-0.25, -0.2) is 0 Å². The lowest BCUT2D eigenvalue weighted by Gasteiger charge is -2.24. The van der Waals surface area contributed by atoms with Crippen LogP contribution in [0.3, 0.4) is 0 Å². The Labute approximate surface area is 98.6 Å². The monoisotopic (exact) mass is 228 g/mol. The molecular formula is C12H24N2O2. The third kappa shape index (κ3) is 5.26. The molecule has 4 heteroatoms. The summed E-state index contributed by atoms with van der Waals surface area (Å²) in [5.74, 6) is 0.0753. The summed E-state index contributed by atoms with van der Waals surface area (Å²) in [5, 5.41) is 0. The van der Waals surface area contributed by atoms with Crippen LogP contribution in [0.1, 0.15) is 27.7 Å². The lowest BCUT2D eigenvalue weighted by atomic mass is 10.1. The quantitative estimate of drug-likeness (QED) is 0.681. The van der Waals surface area contributed by atoms with E-state index in [-0.39, 0.29) is 24.2 Å². The zero-order chi connectivity index (χ0) is 12.9. The maximum absolute atomic E-state index is 11.7.